The highest BCUT2D eigenvalue weighted by Crippen LogP contribution is 2.38. The highest BCUT2D eigenvalue weighted by atomic mass is 16.5. The first-order valence-electron chi connectivity index (χ1n) is 12.2. The summed E-state index contributed by atoms with van der Waals surface area (Å²) >= 11 is 0. The van der Waals surface area contributed by atoms with Crippen molar-refractivity contribution < 1.29 is 14.3 Å². The Kier molecular flexibility index (Phi) is 6.46. The summed E-state index contributed by atoms with van der Waals surface area (Å²) < 4.78 is 10.7. The number of ether oxygens (including phenoxy) is 2. The van der Waals surface area contributed by atoms with E-state index < -0.39 is 0 Å². The zero-order valence-electron chi connectivity index (χ0n) is 20.4. The third-order valence-electron chi connectivity index (χ3n) is 7.12. The zero-order chi connectivity index (χ0) is 23.7. The minimum Gasteiger partial charge on any atom is -0.383 e. The third kappa shape index (κ3) is 4.76. The number of nitrogens with one attached hydrogen (secondary N) is 2. The van der Waals surface area contributed by atoms with Gasteiger partial charge in [0.2, 0.25) is 5.91 Å². The molecule has 2 aliphatic rings. The number of carbonyl (C=O) groups is 1. The van der Waals surface area contributed by atoms with Crippen molar-refractivity contribution in [3.63, 3.8) is 0 Å². The number of fused-ring (bicyclic) bond motifs is 2. The van der Waals surface area contributed by atoms with Gasteiger partial charge in [0.15, 0.2) is 0 Å². The summed E-state index contributed by atoms with van der Waals surface area (Å²) in [4.78, 5) is 20.8. The maximum atomic E-state index is 13.2. The van der Waals surface area contributed by atoms with E-state index in [0.717, 1.165) is 60.3 Å². The van der Waals surface area contributed by atoms with Crippen LogP contribution in [0.1, 0.15) is 31.5 Å². The van der Waals surface area contributed by atoms with Crippen LogP contribution in [0, 0.1) is 5.41 Å². The fourth-order valence-electron chi connectivity index (χ4n) is 5.10. The van der Waals surface area contributed by atoms with Crippen molar-refractivity contribution in [2.75, 3.05) is 58.0 Å². The first-order chi connectivity index (χ1) is 16.4. The Morgan fingerprint density at radius 3 is 2.88 bits per heavy atom. The molecule has 0 unspecified atom stereocenters. The lowest BCUT2D eigenvalue weighted by Gasteiger charge is -2.29. The summed E-state index contributed by atoms with van der Waals surface area (Å²) in [5.74, 6) is 0.0778. The Balaban J connectivity index is 1.40. The highest BCUT2D eigenvalue weighted by Gasteiger charge is 2.29. The van der Waals surface area contributed by atoms with Gasteiger partial charge in [0.1, 0.15) is 5.69 Å². The first kappa shape index (κ1) is 23.1. The van der Waals surface area contributed by atoms with Gasteiger partial charge in [-0.15, -0.1) is 0 Å². The van der Waals surface area contributed by atoms with Gasteiger partial charge in [0.25, 0.3) is 0 Å². The van der Waals surface area contributed by atoms with E-state index in [1.54, 1.807) is 7.11 Å². The smallest absolute Gasteiger partial charge is 0.241 e. The average Bonchev–Trinajstić information content (AvgIpc) is 3.42. The first-order valence-corrected chi connectivity index (χ1v) is 12.2. The summed E-state index contributed by atoms with van der Waals surface area (Å²) in [7, 11) is 1.66. The second-order valence-corrected chi connectivity index (χ2v) is 10.3. The van der Waals surface area contributed by atoms with Crippen LogP contribution in [-0.2, 0) is 27.1 Å². The number of amides is 1. The molecule has 1 aliphatic heterocycles. The van der Waals surface area contributed by atoms with Gasteiger partial charge in [0.05, 0.1) is 32.1 Å². The quantitative estimate of drug-likeness (QED) is 0.559. The Bertz CT molecular complexity index is 1160. The topological polar surface area (TPSA) is 86.5 Å². The van der Waals surface area contributed by atoms with E-state index in [4.69, 9.17) is 9.47 Å². The fourth-order valence-corrected chi connectivity index (χ4v) is 5.10. The molecule has 0 atom stereocenters. The predicted molar refractivity (Wildman–Crippen MR) is 133 cm³/mol. The van der Waals surface area contributed by atoms with Crippen LogP contribution in [0.25, 0.3) is 22.3 Å². The van der Waals surface area contributed by atoms with Crippen molar-refractivity contribution in [2.45, 2.75) is 33.1 Å². The molecule has 3 aromatic rings. The summed E-state index contributed by atoms with van der Waals surface area (Å²) in [6, 6.07) is 8.32. The number of hydrogen-bond acceptors (Lipinski definition) is 5. The van der Waals surface area contributed by atoms with Gasteiger partial charge in [-0.05, 0) is 42.9 Å². The fraction of sp³-hybridized carbons (Fsp3) is 0.538. The number of rotatable bonds is 7. The normalized spacial score (nSPS) is 18.2. The molecule has 34 heavy (non-hydrogen) atoms. The van der Waals surface area contributed by atoms with Gasteiger partial charge in [-0.25, -0.2) is 0 Å². The monoisotopic (exact) mass is 465 g/mol. The lowest BCUT2D eigenvalue weighted by Crippen LogP contribution is -2.45. The number of nitrogens with zero attached hydrogens (tertiary/aromatic N) is 3. The predicted octanol–water partition coefficient (Wildman–Crippen LogP) is 3.38. The summed E-state index contributed by atoms with van der Waals surface area (Å²) in [5.41, 5.74) is 6.81. The van der Waals surface area contributed by atoms with Crippen molar-refractivity contribution >= 4 is 22.5 Å². The zero-order valence-corrected chi connectivity index (χ0v) is 20.4. The molecule has 182 valence electrons. The summed E-state index contributed by atoms with van der Waals surface area (Å²) in [6.45, 7) is 8.94. The lowest BCUT2D eigenvalue weighted by atomic mass is 9.76. The van der Waals surface area contributed by atoms with E-state index in [9.17, 15) is 4.79 Å². The molecule has 0 radical (unpaired) electrons. The Hall–Kier alpha value is -2.68. The summed E-state index contributed by atoms with van der Waals surface area (Å²) in [6.07, 6.45) is 3.23. The number of carbonyl (C=O) groups excluding carboxylic acids is 1. The standard InChI is InChI=1S/C26H35N5O3/c1-26(2)7-6-20-23(16-26)28-29-25(20)22-14-18-4-5-19(15-21(18)27-22)31(10-11-33-3)24(32)17-30-8-12-34-13-9-30/h4-5,14-15,27H,6-13,16-17H2,1-3H3,(H,28,29). The van der Waals surface area contributed by atoms with Crippen LogP contribution in [0.3, 0.4) is 0 Å². The van der Waals surface area contributed by atoms with Gasteiger partial charge in [-0.1, -0.05) is 19.9 Å². The molecule has 8 nitrogen and oxygen atoms in total. The van der Waals surface area contributed by atoms with E-state index in [-0.39, 0.29) is 5.91 Å². The van der Waals surface area contributed by atoms with Crippen LogP contribution >= 0.6 is 0 Å². The van der Waals surface area contributed by atoms with E-state index >= 15 is 0 Å². The molecule has 1 aromatic carbocycles. The molecule has 1 saturated heterocycles. The van der Waals surface area contributed by atoms with Gasteiger partial charge in [-0.2, -0.15) is 5.10 Å². The van der Waals surface area contributed by atoms with Gasteiger partial charge >= 0.3 is 0 Å². The van der Waals surface area contributed by atoms with Gasteiger partial charge < -0.3 is 19.4 Å². The Labute approximate surface area is 200 Å². The lowest BCUT2D eigenvalue weighted by molar-refractivity contribution is -0.120. The molecule has 1 aliphatic carbocycles. The van der Waals surface area contributed by atoms with Gasteiger partial charge in [-0.3, -0.25) is 14.8 Å². The summed E-state index contributed by atoms with van der Waals surface area (Å²) in [5, 5.41) is 9.06. The van der Waals surface area contributed by atoms with Crippen molar-refractivity contribution in [3.8, 4) is 11.4 Å². The maximum absolute atomic E-state index is 13.2. The molecule has 0 saturated carbocycles. The Morgan fingerprint density at radius 1 is 1.26 bits per heavy atom. The van der Waals surface area contributed by atoms with E-state index in [1.807, 2.05) is 11.0 Å². The molecular weight excluding hydrogens is 430 g/mol. The second-order valence-electron chi connectivity index (χ2n) is 10.3. The number of hydrogen-bond donors (Lipinski definition) is 2. The van der Waals surface area contributed by atoms with Crippen LogP contribution in [0.2, 0.25) is 0 Å². The molecule has 2 aromatic heterocycles. The van der Waals surface area contributed by atoms with Crippen molar-refractivity contribution in [1.82, 2.24) is 20.1 Å². The van der Waals surface area contributed by atoms with E-state index in [0.29, 0.717) is 38.3 Å². The SMILES string of the molecule is COCCN(C(=O)CN1CCOCC1)c1ccc2cc(-c3n[nH]c4c3CCC(C)(C)C4)[nH]c2c1. The molecular formula is C26H35N5O3. The molecule has 0 bridgehead atoms. The molecule has 0 spiro atoms. The third-order valence-corrected chi connectivity index (χ3v) is 7.12. The van der Waals surface area contributed by atoms with Crippen molar-refractivity contribution in [2.24, 2.45) is 5.41 Å². The minimum atomic E-state index is 0.0778. The molecule has 8 heteroatoms. The number of H-pyrrole nitrogens is 2. The maximum Gasteiger partial charge on any atom is 0.241 e. The molecule has 5 rings (SSSR count). The number of anilines is 1. The molecule has 3 heterocycles. The van der Waals surface area contributed by atoms with E-state index in [2.05, 4.69) is 52.1 Å². The van der Waals surface area contributed by atoms with Crippen LogP contribution in [0.4, 0.5) is 5.69 Å². The Morgan fingerprint density at radius 2 is 2.09 bits per heavy atom. The van der Waals surface area contributed by atoms with Crippen molar-refractivity contribution in [1.29, 1.82) is 0 Å². The second kappa shape index (κ2) is 9.52. The number of methoxy groups -OCH3 is 1. The van der Waals surface area contributed by atoms with Crippen LogP contribution in [-0.4, -0.2) is 79.1 Å². The highest BCUT2D eigenvalue weighted by molar-refractivity contribution is 5.97. The number of benzene rings is 1. The van der Waals surface area contributed by atoms with Crippen LogP contribution < -0.4 is 4.90 Å². The minimum absolute atomic E-state index is 0.0778. The van der Waals surface area contributed by atoms with Crippen LogP contribution in [0.15, 0.2) is 24.3 Å². The van der Waals surface area contributed by atoms with Crippen molar-refractivity contribution in [3.05, 3.63) is 35.5 Å². The number of aromatic amines is 2. The largest absolute Gasteiger partial charge is 0.383 e. The van der Waals surface area contributed by atoms with Gasteiger partial charge in [0, 0.05) is 54.6 Å². The van der Waals surface area contributed by atoms with E-state index in [1.165, 1.54) is 11.3 Å². The number of aromatic nitrogens is 3. The molecule has 1 amide bonds. The van der Waals surface area contributed by atoms with Crippen LogP contribution in [0.5, 0.6) is 0 Å². The average molecular weight is 466 g/mol. The number of morpholine rings is 1. The molecule has 2 N–H and O–H groups in total. The molecule has 1 fully saturated rings.